The lowest BCUT2D eigenvalue weighted by molar-refractivity contribution is -0.140. The molecule has 0 saturated carbocycles. The molecule has 0 spiro atoms. The van der Waals surface area contributed by atoms with Gasteiger partial charge < -0.3 is 14.5 Å². The second kappa shape index (κ2) is 6.87. The fourth-order valence-corrected chi connectivity index (χ4v) is 3.90. The first-order chi connectivity index (χ1) is 12.5. The molecule has 0 bridgehead atoms. The van der Waals surface area contributed by atoms with Crippen molar-refractivity contribution in [2.45, 2.75) is 46.1 Å². The molecule has 2 aliphatic heterocycles. The minimum atomic E-state index is -0.229. The number of rotatable bonds is 2. The second-order valence-electron chi connectivity index (χ2n) is 7.37. The van der Waals surface area contributed by atoms with Gasteiger partial charge in [-0.15, -0.1) is 0 Å². The van der Waals surface area contributed by atoms with Crippen LogP contribution in [-0.2, 0) is 9.53 Å². The van der Waals surface area contributed by atoms with Crippen LogP contribution in [0.5, 0.6) is 0 Å². The molecule has 26 heavy (non-hydrogen) atoms. The summed E-state index contributed by atoms with van der Waals surface area (Å²) >= 11 is 0. The molecular formula is C19H27N5O2. The number of carbonyl (C=O) groups excluding carboxylic acids is 1. The first-order valence-corrected chi connectivity index (χ1v) is 9.53. The number of hydrogen-bond acceptors (Lipinski definition) is 5. The molecule has 2 aliphatic rings. The number of aromatic nitrogens is 3. The highest BCUT2D eigenvalue weighted by Crippen LogP contribution is 2.23. The van der Waals surface area contributed by atoms with Gasteiger partial charge in [-0.25, -0.2) is 4.98 Å². The number of anilines is 1. The Morgan fingerprint density at radius 1 is 1.15 bits per heavy atom. The lowest BCUT2D eigenvalue weighted by Gasteiger charge is -2.25. The summed E-state index contributed by atoms with van der Waals surface area (Å²) in [6.07, 6.45) is 2.56. The summed E-state index contributed by atoms with van der Waals surface area (Å²) in [5.74, 6) is 1.22. The van der Waals surface area contributed by atoms with Gasteiger partial charge in [0, 0.05) is 50.1 Å². The van der Waals surface area contributed by atoms with Crippen molar-refractivity contribution in [1.82, 2.24) is 19.5 Å². The molecule has 0 aliphatic carbocycles. The van der Waals surface area contributed by atoms with E-state index in [1.54, 1.807) is 0 Å². The Morgan fingerprint density at radius 2 is 2.00 bits per heavy atom. The van der Waals surface area contributed by atoms with Crippen molar-refractivity contribution in [3.05, 3.63) is 23.0 Å². The zero-order chi connectivity index (χ0) is 18.3. The van der Waals surface area contributed by atoms with Crippen molar-refractivity contribution in [3.8, 4) is 0 Å². The molecule has 4 heterocycles. The van der Waals surface area contributed by atoms with Crippen molar-refractivity contribution in [2.75, 3.05) is 37.7 Å². The highest BCUT2D eigenvalue weighted by molar-refractivity contribution is 5.81. The summed E-state index contributed by atoms with van der Waals surface area (Å²) in [6.45, 7) is 10.0. The maximum atomic E-state index is 12.7. The van der Waals surface area contributed by atoms with Gasteiger partial charge in [0.15, 0.2) is 5.65 Å². The molecule has 0 unspecified atom stereocenters. The van der Waals surface area contributed by atoms with E-state index in [9.17, 15) is 4.79 Å². The van der Waals surface area contributed by atoms with Gasteiger partial charge in [0.2, 0.25) is 0 Å². The lowest BCUT2D eigenvalue weighted by Crippen LogP contribution is -2.41. The standard InChI is InChI=1S/C19H27N5O2/c1-13-12-17(24-18(20-13)14(2)15(3)21-24)22-7-5-8-23(10-9-22)19(25)16-6-4-11-26-16/h12,16H,4-11H2,1-3H3/t16-/m1/s1. The van der Waals surface area contributed by atoms with Crippen LogP contribution in [0.4, 0.5) is 5.82 Å². The van der Waals surface area contributed by atoms with Gasteiger partial charge in [-0.05, 0) is 40.0 Å². The third kappa shape index (κ3) is 3.05. The SMILES string of the molecule is Cc1cc(N2CCCN(C(=O)[C@H]3CCCO3)CC2)n2nc(C)c(C)c2n1. The average molecular weight is 357 g/mol. The summed E-state index contributed by atoms with van der Waals surface area (Å²) in [4.78, 5) is 21.6. The van der Waals surface area contributed by atoms with Crippen LogP contribution in [0.1, 0.15) is 36.2 Å². The van der Waals surface area contributed by atoms with E-state index in [2.05, 4.69) is 28.0 Å². The van der Waals surface area contributed by atoms with E-state index in [4.69, 9.17) is 4.74 Å². The van der Waals surface area contributed by atoms with Crippen LogP contribution in [0.2, 0.25) is 0 Å². The number of hydrogen-bond donors (Lipinski definition) is 0. The molecule has 2 fully saturated rings. The van der Waals surface area contributed by atoms with Gasteiger partial charge in [0.1, 0.15) is 11.9 Å². The molecule has 2 aromatic heterocycles. The molecule has 7 nitrogen and oxygen atoms in total. The summed E-state index contributed by atoms with van der Waals surface area (Å²) in [7, 11) is 0. The maximum Gasteiger partial charge on any atom is 0.251 e. The van der Waals surface area contributed by atoms with Gasteiger partial charge >= 0.3 is 0 Å². The normalized spacial score (nSPS) is 21.4. The highest BCUT2D eigenvalue weighted by atomic mass is 16.5. The van der Waals surface area contributed by atoms with E-state index in [-0.39, 0.29) is 12.0 Å². The Morgan fingerprint density at radius 3 is 2.77 bits per heavy atom. The quantitative estimate of drug-likeness (QED) is 0.821. The maximum absolute atomic E-state index is 12.7. The van der Waals surface area contributed by atoms with Crippen molar-refractivity contribution in [1.29, 1.82) is 0 Å². The Bertz CT molecular complexity index is 825. The average Bonchev–Trinajstić information content (AvgIpc) is 3.17. The predicted molar refractivity (Wildman–Crippen MR) is 99.6 cm³/mol. The summed E-state index contributed by atoms with van der Waals surface area (Å²) < 4.78 is 7.54. The smallest absolute Gasteiger partial charge is 0.251 e. The lowest BCUT2D eigenvalue weighted by atomic mass is 10.2. The van der Waals surface area contributed by atoms with Gasteiger partial charge in [-0.1, -0.05) is 0 Å². The molecular weight excluding hydrogens is 330 g/mol. The minimum Gasteiger partial charge on any atom is -0.368 e. The number of amides is 1. The molecule has 140 valence electrons. The van der Waals surface area contributed by atoms with E-state index in [0.717, 1.165) is 73.9 Å². The first-order valence-electron chi connectivity index (χ1n) is 9.53. The first kappa shape index (κ1) is 17.3. The number of ether oxygens (including phenoxy) is 1. The van der Waals surface area contributed by atoms with Gasteiger partial charge in [0.25, 0.3) is 5.91 Å². The Labute approximate surface area is 153 Å². The largest absolute Gasteiger partial charge is 0.368 e. The predicted octanol–water partition coefficient (Wildman–Crippen LogP) is 1.87. The minimum absolute atomic E-state index is 0.159. The zero-order valence-electron chi connectivity index (χ0n) is 15.9. The van der Waals surface area contributed by atoms with Crippen LogP contribution in [-0.4, -0.2) is 64.3 Å². The van der Waals surface area contributed by atoms with E-state index < -0.39 is 0 Å². The highest BCUT2D eigenvalue weighted by Gasteiger charge is 2.29. The number of aryl methyl sites for hydroxylation is 3. The van der Waals surface area contributed by atoms with Gasteiger partial charge in [-0.3, -0.25) is 4.79 Å². The van der Waals surface area contributed by atoms with Crippen molar-refractivity contribution in [2.24, 2.45) is 0 Å². The molecule has 0 radical (unpaired) electrons. The molecule has 1 amide bonds. The third-order valence-corrected chi connectivity index (χ3v) is 5.50. The van der Waals surface area contributed by atoms with E-state index in [0.29, 0.717) is 6.61 Å². The van der Waals surface area contributed by atoms with Crippen LogP contribution < -0.4 is 4.90 Å². The van der Waals surface area contributed by atoms with Crippen LogP contribution in [0.3, 0.4) is 0 Å². The van der Waals surface area contributed by atoms with E-state index in [1.165, 1.54) is 0 Å². The topological polar surface area (TPSA) is 63.0 Å². The fraction of sp³-hybridized carbons (Fsp3) is 0.632. The zero-order valence-corrected chi connectivity index (χ0v) is 15.9. The molecule has 1 atom stereocenters. The Kier molecular flexibility index (Phi) is 4.56. The Balaban J connectivity index is 1.57. The monoisotopic (exact) mass is 357 g/mol. The van der Waals surface area contributed by atoms with Crippen LogP contribution in [0.15, 0.2) is 6.07 Å². The molecule has 4 rings (SSSR count). The molecule has 0 N–H and O–H groups in total. The van der Waals surface area contributed by atoms with Crippen molar-refractivity contribution in [3.63, 3.8) is 0 Å². The van der Waals surface area contributed by atoms with E-state index in [1.807, 2.05) is 23.3 Å². The molecule has 2 aromatic rings. The molecule has 0 aromatic carbocycles. The third-order valence-electron chi connectivity index (χ3n) is 5.50. The summed E-state index contributed by atoms with van der Waals surface area (Å²) in [6, 6.07) is 2.09. The summed E-state index contributed by atoms with van der Waals surface area (Å²) in [5.41, 5.74) is 4.05. The van der Waals surface area contributed by atoms with Gasteiger partial charge in [-0.2, -0.15) is 9.61 Å². The van der Waals surface area contributed by atoms with Crippen molar-refractivity contribution < 1.29 is 9.53 Å². The van der Waals surface area contributed by atoms with Crippen LogP contribution in [0.25, 0.3) is 5.65 Å². The molecule has 7 heteroatoms. The van der Waals surface area contributed by atoms with Crippen molar-refractivity contribution >= 4 is 17.4 Å². The van der Waals surface area contributed by atoms with Crippen LogP contribution >= 0.6 is 0 Å². The Hall–Kier alpha value is -2.15. The van der Waals surface area contributed by atoms with E-state index >= 15 is 0 Å². The van der Waals surface area contributed by atoms with Crippen LogP contribution in [0, 0.1) is 20.8 Å². The number of nitrogens with zero attached hydrogens (tertiary/aromatic N) is 5. The number of fused-ring (bicyclic) bond motifs is 1. The second-order valence-corrected chi connectivity index (χ2v) is 7.37. The van der Waals surface area contributed by atoms with Gasteiger partial charge in [0.05, 0.1) is 5.69 Å². The fourth-order valence-electron chi connectivity index (χ4n) is 3.90. The summed E-state index contributed by atoms with van der Waals surface area (Å²) in [5, 5.41) is 4.69. The molecule has 2 saturated heterocycles. The number of carbonyl (C=O) groups is 1.